The average Bonchev–Trinajstić information content (AvgIpc) is 3.12. The molecule has 0 aliphatic rings. The fourth-order valence-corrected chi connectivity index (χ4v) is 4.54. The Hall–Kier alpha value is -1.27. The number of aryl methyl sites for hydroxylation is 1. The molecule has 2 aromatic carbocycles. The zero-order valence-corrected chi connectivity index (χ0v) is 18.8. The number of thiazole rings is 2. The Labute approximate surface area is 185 Å². The first kappa shape index (κ1) is 20.5. The van der Waals surface area contributed by atoms with Crippen LogP contribution in [-0.2, 0) is 17.0 Å². The monoisotopic (exact) mass is 430 g/mol. The molecule has 4 rings (SSSR count). The first-order valence-corrected chi connectivity index (χ1v) is 10.4. The van der Waals surface area contributed by atoms with Gasteiger partial charge < -0.3 is 13.5 Å². The number of fused-ring (bicyclic) bond motifs is 2. The van der Waals surface area contributed by atoms with E-state index < -0.39 is 10.4 Å². The molecule has 2 aromatic heterocycles. The third-order valence-corrected chi connectivity index (χ3v) is 5.75. The number of hydrogen-bond acceptors (Lipinski definition) is 9. The van der Waals surface area contributed by atoms with Gasteiger partial charge in [-0.15, -0.1) is 22.7 Å². The topological polar surface area (TPSA) is 101 Å². The quantitative estimate of drug-likeness (QED) is 0.260. The van der Waals surface area contributed by atoms with Crippen molar-refractivity contribution in [1.29, 1.82) is 0 Å². The van der Waals surface area contributed by atoms with Crippen molar-refractivity contribution in [2.45, 2.75) is 13.5 Å². The predicted molar refractivity (Wildman–Crippen MR) is 98.6 cm³/mol. The summed E-state index contributed by atoms with van der Waals surface area (Å²) in [5.74, 6) is 0.691. The fourth-order valence-electron chi connectivity index (χ4n) is 2.44. The number of nitrogens with zero attached hydrogens (tertiary/aromatic N) is 2. The van der Waals surface area contributed by atoms with Crippen LogP contribution in [0.5, 0.6) is 11.5 Å². The van der Waals surface area contributed by atoms with Gasteiger partial charge in [-0.05, 0) is 37.3 Å². The van der Waals surface area contributed by atoms with Crippen LogP contribution in [0.1, 0.15) is 10.0 Å². The summed E-state index contributed by atoms with van der Waals surface area (Å²) in [6, 6.07) is 10.2. The van der Waals surface area contributed by atoms with Crippen molar-refractivity contribution in [2.24, 2.45) is 0 Å². The molecule has 0 atom stereocenters. The molecule has 0 unspecified atom stereocenters. The standard InChI is InChI=1S/C16H12N2O5S3.Na/c1-9-17-12-4-2-10(6-14(12)24-9)22-8-16-18-13-5-3-11(7-15(13)25-16)23-26(19,20)21;/h2-7H,8H2,1H3,(H,19,20,21);/q;+1/p-1. The second-order valence-corrected chi connectivity index (χ2v) is 8.71. The van der Waals surface area contributed by atoms with Crippen molar-refractivity contribution < 1.29 is 51.4 Å². The summed E-state index contributed by atoms with van der Waals surface area (Å²) in [6.07, 6.45) is 0. The molecule has 4 aromatic rings. The van der Waals surface area contributed by atoms with Crippen LogP contribution in [-0.4, -0.2) is 22.9 Å². The van der Waals surface area contributed by atoms with Crippen molar-refractivity contribution in [3.63, 3.8) is 0 Å². The molecule has 0 radical (unpaired) electrons. The molecule has 11 heteroatoms. The van der Waals surface area contributed by atoms with Crippen molar-refractivity contribution >= 4 is 53.5 Å². The maximum Gasteiger partial charge on any atom is 1.00 e. The van der Waals surface area contributed by atoms with Crippen LogP contribution in [0.3, 0.4) is 0 Å². The minimum Gasteiger partial charge on any atom is -0.716 e. The Bertz CT molecular complexity index is 1220. The maximum absolute atomic E-state index is 10.7. The van der Waals surface area contributed by atoms with Crippen LogP contribution in [0.25, 0.3) is 20.4 Å². The van der Waals surface area contributed by atoms with Gasteiger partial charge in [0.25, 0.3) is 10.4 Å². The van der Waals surface area contributed by atoms with E-state index >= 15 is 0 Å². The number of hydrogen-bond donors (Lipinski definition) is 0. The molecule has 27 heavy (non-hydrogen) atoms. The normalized spacial score (nSPS) is 11.5. The summed E-state index contributed by atoms with van der Waals surface area (Å²) in [5.41, 5.74) is 1.62. The van der Waals surface area contributed by atoms with E-state index in [-0.39, 0.29) is 41.9 Å². The van der Waals surface area contributed by atoms with Crippen molar-refractivity contribution in [3.8, 4) is 11.5 Å². The molecule has 0 N–H and O–H groups in total. The van der Waals surface area contributed by atoms with E-state index in [1.165, 1.54) is 23.5 Å². The largest absolute Gasteiger partial charge is 1.00 e. The van der Waals surface area contributed by atoms with Gasteiger partial charge in [-0.3, -0.25) is 0 Å². The molecular weight excluding hydrogens is 419 g/mol. The van der Waals surface area contributed by atoms with Gasteiger partial charge >= 0.3 is 29.6 Å². The predicted octanol–water partition coefficient (Wildman–Crippen LogP) is 0.636. The first-order valence-electron chi connectivity index (χ1n) is 7.40. The Kier molecular flexibility index (Phi) is 6.06. The van der Waals surface area contributed by atoms with Gasteiger partial charge in [0.2, 0.25) is 0 Å². The van der Waals surface area contributed by atoms with Crippen molar-refractivity contribution in [1.82, 2.24) is 9.97 Å². The zero-order valence-electron chi connectivity index (χ0n) is 14.3. The van der Waals surface area contributed by atoms with Gasteiger partial charge in [-0.1, -0.05) is 0 Å². The molecule has 0 aliphatic heterocycles. The third kappa shape index (κ3) is 4.96. The molecule has 7 nitrogen and oxygen atoms in total. The van der Waals surface area contributed by atoms with Gasteiger partial charge in [0, 0.05) is 6.07 Å². The van der Waals surface area contributed by atoms with E-state index in [1.54, 1.807) is 17.4 Å². The van der Waals surface area contributed by atoms with Gasteiger partial charge in [0.15, 0.2) is 0 Å². The molecule has 0 fully saturated rings. The fraction of sp³-hybridized carbons (Fsp3) is 0.125. The Morgan fingerprint density at radius 3 is 2.37 bits per heavy atom. The Balaban J connectivity index is 0.00000210. The Morgan fingerprint density at radius 1 is 1.00 bits per heavy atom. The third-order valence-electron chi connectivity index (χ3n) is 3.43. The van der Waals surface area contributed by atoms with E-state index in [9.17, 15) is 13.0 Å². The van der Waals surface area contributed by atoms with Crippen LogP contribution >= 0.6 is 22.7 Å². The molecule has 0 amide bonds. The summed E-state index contributed by atoms with van der Waals surface area (Å²) >= 11 is 2.95. The molecule has 2 heterocycles. The van der Waals surface area contributed by atoms with Crippen LogP contribution < -0.4 is 38.5 Å². The Morgan fingerprint density at radius 2 is 1.63 bits per heavy atom. The van der Waals surface area contributed by atoms with Gasteiger partial charge in [0.1, 0.15) is 23.1 Å². The van der Waals surface area contributed by atoms with E-state index in [0.29, 0.717) is 10.2 Å². The molecule has 0 bridgehead atoms. The molecule has 0 saturated carbocycles. The minimum atomic E-state index is -4.80. The molecule has 0 aliphatic carbocycles. The summed E-state index contributed by atoms with van der Waals surface area (Å²) in [5, 5.41) is 1.73. The van der Waals surface area contributed by atoms with E-state index in [0.717, 1.165) is 26.0 Å². The summed E-state index contributed by atoms with van der Waals surface area (Å²) in [4.78, 5) is 8.84. The molecule has 0 spiro atoms. The number of rotatable bonds is 5. The minimum absolute atomic E-state index is 0. The number of benzene rings is 2. The summed E-state index contributed by atoms with van der Waals surface area (Å²) < 4.78 is 44.0. The van der Waals surface area contributed by atoms with Crippen LogP contribution in [0, 0.1) is 6.92 Å². The second-order valence-electron chi connectivity index (χ2n) is 5.38. The average molecular weight is 430 g/mol. The summed E-state index contributed by atoms with van der Waals surface area (Å²) in [7, 11) is -4.80. The van der Waals surface area contributed by atoms with Gasteiger partial charge in [0.05, 0.1) is 25.4 Å². The summed E-state index contributed by atoms with van der Waals surface area (Å²) in [6.45, 7) is 2.24. The van der Waals surface area contributed by atoms with Gasteiger partial charge in [-0.2, -0.15) is 0 Å². The van der Waals surface area contributed by atoms with E-state index in [2.05, 4.69) is 14.2 Å². The maximum atomic E-state index is 10.7. The van der Waals surface area contributed by atoms with Crippen molar-refractivity contribution in [3.05, 3.63) is 46.4 Å². The van der Waals surface area contributed by atoms with Crippen LogP contribution in [0.15, 0.2) is 36.4 Å². The first-order chi connectivity index (χ1) is 12.4. The van der Waals surface area contributed by atoms with Gasteiger partial charge in [-0.25, -0.2) is 18.4 Å². The molecular formula is C16H11N2NaO5S3. The number of ether oxygens (including phenoxy) is 1. The van der Waals surface area contributed by atoms with Crippen LogP contribution in [0.4, 0.5) is 0 Å². The smallest absolute Gasteiger partial charge is 0.716 e. The molecule has 0 saturated heterocycles. The zero-order chi connectivity index (χ0) is 18.3. The van der Waals surface area contributed by atoms with E-state index in [1.807, 2.05) is 25.1 Å². The second kappa shape index (κ2) is 8.00. The molecule has 134 valence electrons. The van der Waals surface area contributed by atoms with Crippen molar-refractivity contribution in [2.75, 3.05) is 0 Å². The van der Waals surface area contributed by atoms with Crippen LogP contribution in [0.2, 0.25) is 0 Å². The number of aromatic nitrogens is 2. The SMILES string of the molecule is Cc1nc2ccc(OCc3nc4ccc(OS(=O)(=O)[O-])cc4s3)cc2s1.[Na+]. The van der Waals surface area contributed by atoms with E-state index in [4.69, 9.17) is 4.74 Å².